The summed E-state index contributed by atoms with van der Waals surface area (Å²) in [6.45, 7) is -1.92. The zero-order valence-electron chi connectivity index (χ0n) is 11.0. The van der Waals surface area contributed by atoms with Gasteiger partial charge in [-0.2, -0.15) is 0 Å². The minimum atomic E-state index is -4.57. The summed E-state index contributed by atoms with van der Waals surface area (Å²) in [5, 5.41) is 51.6. The highest BCUT2D eigenvalue weighted by atomic mass is 31.2. The molecule has 0 amide bonds. The Morgan fingerprint density at radius 3 is 1.86 bits per heavy atom. The molecule has 0 saturated heterocycles. The van der Waals surface area contributed by atoms with Crippen LogP contribution in [-0.4, -0.2) is 84.5 Å². The lowest BCUT2D eigenvalue weighted by molar-refractivity contribution is -0.147. The van der Waals surface area contributed by atoms with Crippen molar-refractivity contribution < 1.29 is 59.0 Å². The molecule has 0 aliphatic carbocycles. The van der Waals surface area contributed by atoms with Crippen LogP contribution in [0.25, 0.3) is 0 Å². The number of esters is 1. The minimum absolute atomic E-state index is 0.623. The third-order valence-corrected chi connectivity index (χ3v) is 2.74. The molecule has 0 aromatic rings. The zero-order valence-corrected chi connectivity index (χ0v) is 11.9. The summed E-state index contributed by atoms with van der Waals surface area (Å²) in [6.07, 6.45) is -3.98. The van der Waals surface area contributed by atoms with Gasteiger partial charge in [0.25, 0.3) is 0 Å². The average molecular weight is 348 g/mol. The third-order valence-electron chi connectivity index (χ3n) is 2.17. The van der Waals surface area contributed by atoms with Crippen molar-refractivity contribution in [3.05, 3.63) is 11.5 Å². The van der Waals surface area contributed by atoms with Crippen molar-refractivity contribution >= 4 is 13.8 Å². The van der Waals surface area contributed by atoms with Gasteiger partial charge in [0.2, 0.25) is 5.76 Å². The van der Waals surface area contributed by atoms with Crippen molar-refractivity contribution in [2.75, 3.05) is 19.8 Å². The van der Waals surface area contributed by atoms with Crippen LogP contribution < -0.4 is 0 Å². The topological polar surface area (TPSA) is 214 Å². The molecule has 1 heterocycles. The van der Waals surface area contributed by atoms with Gasteiger partial charge < -0.3 is 45.2 Å². The largest absolute Gasteiger partial charge is 0.505 e. The lowest BCUT2D eigenvalue weighted by Crippen LogP contribution is -2.31. The number of ether oxygens (including phenoxy) is 1. The molecule has 130 valence electrons. The quantitative estimate of drug-likeness (QED) is 0.178. The summed E-state index contributed by atoms with van der Waals surface area (Å²) in [4.78, 5) is 26.8. The molecule has 2 atom stereocenters. The number of carbonyl (C=O) groups excluding carboxylic acids is 1. The summed E-state index contributed by atoms with van der Waals surface area (Å²) in [5.41, 5.74) is 0. The fourth-order valence-corrected chi connectivity index (χ4v) is 1.66. The van der Waals surface area contributed by atoms with E-state index in [1.54, 1.807) is 0 Å². The van der Waals surface area contributed by atoms with Gasteiger partial charge in [-0.25, -0.2) is 9.36 Å². The number of phosphoric ester groups is 1. The Labute approximate surface area is 123 Å². The molecule has 12 nitrogen and oxygen atoms in total. The molecule has 0 fully saturated rings. The van der Waals surface area contributed by atoms with Gasteiger partial charge in [-0.1, -0.05) is 0 Å². The number of aliphatic hydroxyl groups is 6. The highest BCUT2D eigenvalue weighted by Gasteiger charge is 2.38. The second kappa shape index (κ2) is 9.02. The Hall–Kier alpha value is -1.24. The van der Waals surface area contributed by atoms with Gasteiger partial charge in [-0.05, 0) is 0 Å². The van der Waals surface area contributed by atoms with Crippen molar-refractivity contribution in [2.45, 2.75) is 18.3 Å². The zero-order chi connectivity index (χ0) is 17.5. The first-order valence-corrected chi connectivity index (χ1v) is 7.18. The lowest BCUT2D eigenvalue weighted by atomic mass is 10.2. The highest BCUT2D eigenvalue weighted by molar-refractivity contribution is 7.46. The summed E-state index contributed by atoms with van der Waals surface area (Å²) < 4.78 is 18.2. The number of cyclic esters (lactones) is 1. The summed E-state index contributed by atoms with van der Waals surface area (Å²) in [7, 11) is -4.57. The summed E-state index contributed by atoms with van der Waals surface area (Å²) in [5.74, 6) is -2.78. The van der Waals surface area contributed by atoms with Crippen molar-refractivity contribution in [1.82, 2.24) is 0 Å². The fourth-order valence-electron chi connectivity index (χ4n) is 1.14. The molecule has 1 aliphatic rings. The second-order valence-corrected chi connectivity index (χ2v) is 5.08. The SMILES string of the molecule is O=C1O[C@H]([C@@H](O)CO)C(O)=C1O.O=P(O)(O)OC(CO)CO. The highest BCUT2D eigenvalue weighted by Crippen LogP contribution is 2.37. The molecule has 1 rings (SSSR count). The van der Waals surface area contributed by atoms with Crippen LogP contribution in [0.5, 0.6) is 0 Å². The molecule has 0 saturated carbocycles. The number of aliphatic hydroxyl groups excluding tert-OH is 6. The molecule has 8 N–H and O–H groups in total. The van der Waals surface area contributed by atoms with Crippen molar-refractivity contribution in [2.24, 2.45) is 0 Å². The smallest absolute Gasteiger partial charge is 0.470 e. The molecule has 0 spiro atoms. The predicted molar refractivity (Wildman–Crippen MR) is 66.3 cm³/mol. The van der Waals surface area contributed by atoms with E-state index in [1.807, 2.05) is 0 Å². The van der Waals surface area contributed by atoms with E-state index in [9.17, 15) is 9.36 Å². The Bertz CT molecular complexity index is 438. The lowest BCUT2D eigenvalue weighted by Gasteiger charge is -2.13. The maximum atomic E-state index is 10.5. The molecule has 22 heavy (non-hydrogen) atoms. The molecule has 0 radical (unpaired) electrons. The van der Waals surface area contributed by atoms with E-state index in [4.69, 9.17) is 40.4 Å². The molecule has 0 aromatic carbocycles. The first-order chi connectivity index (χ1) is 10.1. The van der Waals surface area contributed by atoms with Crippen LogP contribution >= 0.6 is 7.82 Å². The summed E-state index contributed by atoms with van der Waals surface area (Å²) >= 11 is 0. The maximum Gasteiger partial charge on any atom is 0.470 e. The van der Waals surface area contributed by atoms with Crippen molar-refractivity contribution in [3.63, 3.8) is 0 Å². The van der Waals surface area contributed by atoms with Gasteiger partial charge in [-0.15, -0.1) is 0 Å². The van der Waals surface area contributed by atoms with Crippen LogP contribution in [0, 0.1) is 0 Å². The van der Waals surface area contributed by atoms with Gasteiger partial charge in [-0.3, -0.25) is 4.52 Å². The van der Waals surface area contributed by atoms with E-state index >= 15 is 0 Å². The monoisotopic (exact) mass is 348 g/mol. The molecular formula is C9H17O12P. The Morgan fingerprint density at radius 1 is 1.14 bits per heavy atom. The normalized spacial score (nSPS) is 19.8. The van der Waals surface area contributed by atoms with Crippen LogP contribution in [0.4, 0.5) is 0 Å². The Balaban J connectivity index is 0.000000409. The Morgan fingerprint density at radius 2 is 1.64 bits per heavy atom. The van der Waals surface area contributed by atoms with Gasteiger partial charge in [0.15, 0.2) is 11.9 Å². The number of phosphoric acid groups is 1. The number of rotatable bonds is 6. The van der Waals surface area contributed by atoms with E-state index in [-0.39, 0.29) is 0 Å². The van der Waals surface area contributed by atoms with Crippen LogP contribution in [0.2, 0.25) is 0 Å². The van der Waals surface area contributed by atoms with Crippen LogP contribution in [0.1, 0.15) is 0 Å². The van der Waals surface area contributed by atoms with Gasteiger partial charge in [0.1, 0.15) is 12.2 Å². The standard InChI is InChI=1S/C6H8O6.C3H9O6P/c7-1-2(8)5-3(9)4(10)6(11)12-5;4-1-3(2-5)9-10(6,7)8/h2,5,7-10H,1H2;3-5H,1-2H2,(H2,6,7,8)/t2-,5+;/m0./s1. The van der Waals surface area contributed by atoms with Crippen molar-refractivity contribution in [3.8, 4) is 0 Å². The first kappa shape index (κ1) is 20.8. The molecular weight excluding hydrogens is 331 g/mol. The van der Waals surface area contributed by atoms with E-state index in [2.05, 4.69) is 9.26 Å². The fraction of sp³-hybridized carbons (Fsp3) is 0.667. The molecule has 0 aromatic heterocycles. The molecule has 13 heteroatoms. The summed E-state index contributed by atoms with van der Waals surface area (Å²) in [6, 6.07) is 0. The third kappa shape index (κ3) is 6.68. The Kier molecular flexibility index (Phi) is 8.52. The molecule has 0 unspecified atom stereocenters. The first-order valence-electron chi connectivity index (χ1n) is 5.65. The van der Waals surface area contributed by atoms with E-state index < -0.39 is 63.4 Å². The molecule has 0 bridgehead atoms. The van der Waals surface area contributed by atoms with E-state index in [0.29, 0.717) is 0 Å². The van der Waals surface area contributed by atoms with Crippen LogP contribution in [0.3, 0.4) is 0 Å². The van der Waals surface area contributed by atoms with Crippen LogP contribution in [-0.2, 0) is 18.6 Å². The number of hydrogen-bond acceptors (Lipinski definition) is 10. The van der Waals surface area contributed by atoms with Gasteiger partial charge in [0.05, 0.1) is 19.8 Å². The van der Waals surface area contributed by atoms with E-state index in [1.165, 1.54) is 0 Å². The second-order valence-electron chi connectivity index (χ2n) is 3.89. The van der Waals surface area contributed by atoms with Gasteiger partial charge >= 0.3 is 13.8 Å². The molecule has 1 aliphatic heterocycles. The number of carbonyl (C=O) groups is 1. The maximum absolute atomic E-state index is 10.5. The average Bonchev–Trinajstić information content (AvgIpc) is 2.71. The van der Waals surface area contributed by atoms with Gasteiger partial charge in [0, 0.05) is 0 Å². The van der Waals surface area contributed by atoms with Crippen molar-refractivity contribution in [1.29, 1.82) is 0 Å². The predicted octanol–water partition coefficient (Wildman–Crippen LogP) is -2.96. The van der Waals surface area contributed by atoms with E-state index in [0.717, 1.165) is 0 Å². The van der Waals surface area contributed by atoms with Crippen LogP contribution in [0.15, 0.2) is 11.5 Å². The minimum Gasteiger partial charge on any atom is -0.505 e. The number of hydrogen-bond donors (Lipinski definition) is 8.